The maximum Gasteiger partial charge on any atom is 0.223 e. The van der Waals surface area contributed by atoms with E-state index in [9.17, 15) is 4.79 Å². The Kier molecular flexibility index (Phi) is 7.55. The summed E-state index contributed by atoms with van der Waals surface area (Å²) < 4.78 is 0. The van der Waals surface area contributed by atoms with Crippen LogP contribution in [0.2, 0.25) is 0 Å². The van der Waals surface area contributed by atoms with E-state index in [1.54, 1.807) is 0 Å². The summed E-state index contributed by atoms with van der Waals surface area (Å²) in [5.41, 5.74) is 6.09. The van der Waals surface area contributed by atoms with Gasteiger partial charge in [0.25, 0.3) is 0 Å². The van der Waals surface area contributed by atoms with Gasteiger partial charge in [-0.15, -0.1) is 12.4 Å². The molecule has 1 saturated carbocycles. The highest BCUT2D eigenvalue weighted by molar-refractivity contribution is 7.99. The molecule has 0 atom stereocenters. The van der Waals surface area contributed by atoms with Gasteiger partial charge in [0.1, 0.15) is 0 Å². The first-order valence-electron chi connectivity index (χ1n) is 7.31. The lowest BCUT2D eigenvalue weighted by molar-refractivity contribution is -0.134. The molecule has 0 bridgehead atoms. The first kappa shape index (κ1) is 17.1. The monoisotopic (exact) mass is 306 g/mol. The van der Waals surface area contributed by atoms with Crippen molar-refractivity contribution in [2.45, 2.75) is 44.9 Å². The molecule has 19 heavy (non-hydrogen) atoms. The third kappa shape index (κ3) is 4.83. The van der Waals surface area contributed by atoms with Crippen molar-refractivity contribution < 1.29 is 4.79 Å². The number of nitrogens with zero attached hydrogens (tertiary/aromatic N) is 1. The van der Waals surface area contributed by atoms with Gasteiger partial charge in [-0.1, -0.05) is 19.3 Å². The predicted octanol–water partition coefficient (Wildman–Crippen LogP) is 2.67. The zero-order chi connectivity index (χ0) is 12.8. The molecule has 0 radical (unpaired) electrons. The number of rotatable bonds is 3. The number of nitrogens with two attached hydrogens (primary N) is 1. The molecular weight excluding hydrogens is 280 g/mol. The smallest absolute Gasteiger partial charge is 0.223 e. The van der Waals surface area contributed by atoms with Crippen LogP contribution in [0.3, 0.4) is 0 Å². The van der Waals surface area contributed by atoms with E-state index in [2.05, 4.69) is 4.90 Å². The Balaban J connectivity index is 0.00000180. The van der Waals surface area contributed by atoms with E-state index in [4.69, 9.17) is 5.73 Å². The second-order valence-electron chi connectivity index (χ2n) is 5.79. The van der Waals surface area contributed by atoms with Crippen LogP contribution in [-0.2, 0) is 4.79 Å². The van der Waals surface area contributed by atoms with Crippen LogP contribution in [0, 0.1) is 5.41 Å². The van der Waals surface area contributed by atoms with Crippen LogP contribution in [0.4, 0.5) is 0 Å². The number of hydrogen-bond acceptors (Lipinski definition) is 3. The summed E-state index contributed by atoms with van der Waals surface area (Å²) in [6.07, 6.45) is 7.95. The molecule has 1 saturated heterocycles. The second kappa shape index (κ2) is 8.38. The molecule has 1 aliphatic heterocycles. The minimum Gasteiger partial charge on any atom is -0.342 e. The summed E-state index contributed by atoms with van der Waals surface area (Å²) in [5, 5.41) is 0. The summed E-state index contributed by atoms with van der Waals surface area (Å²) in [7, 11) is 0. The molecule has 0 aromatic carbocycles. The van der Waals surface area contributed by atoms with Crippen molar-refractivity contribution in [3.05, 3.63) is 0 Å². The lowest BCUT2D eigenvalue weighted by atomic mass is 9.71. The van der Waals surface area contributed by atoms with E-state index < -0.39 is 0 Å². The molecular formula is C14H27ClN2OS. The molecule has 5 heteroatoms. The van der Waals surface area contributed by atoms with Gasteiger partial charge in [-0.25, -0.2) is 0 Å². The Morgan fingerprint density at radius 3 is 2.53 bits per heavy atom. The van der Waals surface area contributed by atoms with Gasteiger partial charge in [0.05, 0.1) is 0 Å². The largest absolute Gasteiger partial charge is 0.342 e. The molecule has 2 N–H and O–H groups in total. The van der Waals surface area contributed by atoms with Crippen molar-refractivity contribution >= 4 is 30.1 Å². The molecule has 2 fully saturated rings. The molecule has 1 amide bonds. The Labute approximate surface area is 127 Å². The van der Waals surface area contributed by atoms with Crippen molar-refractivity contribution in [1.82, 2.24) is 4.90 Å². The van der Waals surface area contributed by atoms with Gasteiger partial charge in [-0.3, -0.25) is 4.79 Å². The Bertz CT molecular complexity index is 275. The van der Waals surface area contributed by atoms with Crippen LogP contribution >= 0.6 is 24.2 Å². The van der Waals surface area contributed by atoms with E-state index in [1.165, 1.54) is 25.0 Å². The van der Waals surface area contributed by atoms with Crippen molar-refractivity contribution in [3.63, 3.8) is 0 Å². The molecule has 2 rings (SSSR count). The highest BCUT2D eigenvalue weighted by Gasteiger charge is 2.34. The standard InChI is InChI=1S/C14H26N2OS.ClH/c15-12-14(5-2-1-3-6-14)11-13(17)16-7-4-9-18-10-8-16;/h1-12,15H2;1H. The van der Waals surface area contributed by atoms with Gasteiger partial charge in [-0.05, 0) is 37.0 Å². The van der Waals surface area contributed by atoms with Crippen LogP contribution < -0.4 is 5.73 Å². The maximum absolute atomic E-state index is 12.4. The van der Waals surface area contributed by atoms with Gasteiger partial charge < -0.3 is 10.6 Å². The van der Waals surface area contributed by atoms with E-state index in [0.717, 1.165) is 38.1 Å². The van der Waals surface area contributed by atoms with Crippen molar-refractivity contribution in [1.29, 1.82) is 0 Å². The van der Waals surface area contributed by atoms with Crippen LogP contribution in [0.25, 0.3) is 0 Å². The summed E-state index contributed by atoms with van der Waals surface area (Å²) in [5.74, 6) is 2.65. The summed E-state index contributed by atoms with van der Waals surface area (Å²) in [4.78, 5) is 14.5. The average Bonchev–Trinajstić information content (AvgIpc) is 2.68. The topological polar surface area (TPSA) is 46.3 Å². The molecule has 2 aliphatic rings. The van der Waals surface area contributed by atoms with E-state index in [1.807, 2.05) is 11.8 Å². The van der Waals surface area contributed by atoms with Gasteiger partial charge >= 0.3 is 0 Å². The van der Waals surface area contributed by atoms with Crippen LogP contribution in [-0.4, -0.2) is 41.9 Å². The van der Waals surface area contributed by atoms with E-state index in [-0.39, 0.29) is 17.8 Å². The minimum atomic E-state index is 0. The number of thioether (sulfide) groups is 1. The number of carbonyl (C=O) groups excluding carboxylic acids is 1. The molecule has 0 aromatic heterocycles. The fourth-order valence-corrected chi connectivity index (χ4v) is 4.07. The zero-order valence-electron chi connectivity index (χ0n) is 11.7. The molecule has 1 aliphatic carbocycles. The Morgan fingerprint density at radius 1 is 1.11 bits per heavy atom. The Hall–Kier alpha value is 0.0700. The highest BCUT2D eigenvalue weighted by Crippen LogP contribution is 2.38. The molecule has 112 valence electrons. The Morgan fingerprint density at radius 2 is 1.84 bits per heavy atom. The first-order valence-corrected chi connectivity index (χ1v) is 8.47. The van der Waals surface area contributed by atoms with Crippen LogP contribution in [0.5, 0.6) is 0 Å². The summed E-state index contributed by atoms with van der Waals surface area (Å²) in [6, 6.07) is 0. The quantitative estimate of drug-likeness (QED) is 0.872. The highest BCUT2D eigenvalue weighted by atomic mass is 35.5. The van der Waals surface area contributed by atoms with Gasteiger partial charge in [-0.2, -0.15) is 11.8 Å². The van der Waals surface area contributed by atoms with Crippen LogP contribution in [0.1, 0.15) is 44.9 Å². The maximum atomic E-state index is 12.4. The molecule has 0 spiro atoms. The van der Waals surface area contributed by atoms with E-state index >= 15 is 0 Å². The van der Waals surface area contributed by atoms with Gasteiger partial charge in [0, 0.05) is 25.3 Å². The summed E-state index contributed by atoms with van der Waals surface area (Å²) >= 11 is 1.97. The van der Waals surface area contributed by atoms with Gasteiger partial charge in [0.2, 0.25) is 5.91 Å². The summed E-state index contributed by atoms with van der Waals surface area (Å²) in [6.45, 7) is 2.57. The minimum absolute atomic E-state index is 0. The lowest BCUT2D eigenvalue weighted by Crippen LogP contribution is -2.41. The number of hydrogen-bond donors (Lipinski definition) is 1. The number of halogens is 1. The second-order valence-corrected chi connectivity index (χ2v) is 7.01. The average molecular weight is 307 g/mol. The normalized spacial score (nSPS) is 23.3. The molecule has 0 unspecified atom stereocenters. The fraction of sp³-hybridized carbons (Fsp3) is 0.929. The van der Waals surface area contributed by atoms with E-state index in [0.29, 0.717) is 18.9 Å². The predicted molar refractivity (Wildman–Crippen MR) is 85.0 cm³/mol. The molecule has 0 aromatic rings. The first-order chi connectivity index (χ1) is 8.76. The molecule has 3 nitrogen and oxygen atoms in total. The van der Waals surface area contributed by atoms with Crippen molar-refractivity contribution in [2.24, 2.45) is 11.1 Å². The third-order valence-corrected chi connectivity index (χ3v) is 5.50. The van der Waals surface area contributed by atoms with Crippen molar-refractivity contribution in [2.75, 3.05) is 31.1 Å². The third-order valence-electron chi connectivity index (χ3n) is 4.45. The lowest BCUT2D eigenvalue weighted by Gasteiger charge is -2.37. The number of carbonyl (C=O) groups is 1. The SMILES string of the molecule is Cl.NCC1(CC(=O)N2CCCSCC2)CCCCC1. The fourth-order valence-electron chi connectivity index (χ4n) is 3.18. The zero-order valence-corrected chi connectivity index (χ0v) is 13.4. The van der Waals surface area contributed by atoms with Gasteiger partial charge in [0.15, 0.2) is 0 Å². The van der Waals surface area contributed by atoms with Crippen molar-refractivity contribution in [3.8, 4) is 0 Å². The number of amides is 1. The van der Waals surface area contributed by atoms with Crippen LogP contribution in [0.15, 0.2) is 0 Å². The molecule has 1 heterocycles.